The van der Waals surface area contributed by atoms with Gasteiger partial charge in [-0.3, -0.25) is 4.90 Å². The van der Waals surface area contributed by atoms with Crippen LogP contribution >= 0.6 is 0 Å². The van der Waals surface area contributed by atoms with E-state index in [1.54, 1.807) is 0 Å². The first-order valence-corrected chi connectivity index (χ1v) is 10.1. The molecule has 146 valence electrons. The van der Waals surface area contributed by atoms with Crippen LogP contribution in [0, 0.1) is 0 Å². The van der Waals surface area contributed by atoms with Crippen molar-refractivity contribution < 1.29 is 121 Å². The fourth-order valence-electron chi connectivity index (χ4n) is 4.31. The number of fused-ring (bicyclic) bond motifs is 3. The molecule has 0 aromatic carbocycles. The Morgan fingerprint density at radius 2 is 1.30 bits per heavy atom. The average Bonchev–Trinajstić information content (AvgIpc) is 3.10. The Balaban J connectivity index is 0.000000252. The van der Waals surface area contributed by atoms with E-state index in [1.165, 1.54) is 25.9 Å². The molecule has 4 fully saturated rings. The van der Waals surface area contributed by atoms with Crippen molar-refractivity contribution in [3.63, 3.8) is 0 Å². The first-order chi connectivity index (χ1) is 11.6. The van der Waals surface area contributed by atoms with Crippen LogP contribution in [0.2, 0.25) is 0 Å². The summed E-state index contributed by atoms with van der Waals surface area (Å²) in [6.07, 6.45) is 3.03. The third-order valence-corrected chi connectivity index (χ3v) is 6.04. The van der Waals surface area contributed by atoms with Crippen molar-refractivity contribution >= 4 is 0 Å². The van der Waals surface area contributed by atoms with Gasteiger partial charge < -0.3 is 20.3 Å². The van der Waals surface area contributed by atoms with E-state index in [1.807, 2.05) is 0 Å². The summed E-state index contributed by atoms with van der Waals surface area (Å²) >= 11 is 0. The Labute approximate surface area is 265 Å². The molecule has 2 bridgehead atoms. The van der Waals surface area contributed by atoms with E-state index in [9.17, 15) is 0 Å². The molecular weight excluding hydrogens is 483 g/mol. The predicted octanol–water partition coefficient (Wildman–Crippen LogP) is -2.75. The van der Waals surface area contributed by atoms with E-state index in [0.29, 0.717) is 29.8 Å². The van der Waals surface area contributed by atoms with E-state index in [0.717, 1.165) is 26.2 Å². The van der Waals surface area contributed by atoms with Crippen LogP contribution in [0.25, 0.3) is 10.6 Å². The molecule has 4 heterocycles. The third kappa shape index (κ3) is 8.36. The van der Waals surface area contributed by atoms with Gasteiger partial charge in [-0.1, -0.05) is 18.9 Å². The third-order valence-electron chi connectivity index (χ3n) is 6.04. The molecule has 0 aromatic heterocycles. The minimum Gasteiger partial charge on any atom is -0.655 e. The smallest absolute Gasteiger partial charge is 0.655 e. The van der Waals surface area contributed by atoms with Gasteiger partial charge in [-0.2, -0.15) is 0 Å². The van der Waals surface area contributed by atoms with Crippen molar-refractivity contribution in [2.75, 3.05) is 39.3 Å². The van der Waals surface area contributed by atoms with Gasteiger partial charge in [0.05, 0.1) is 6.10 Å². The monoisotopic (exact) mass is 520 g/mol. The molecule has 4 unspecified atom stereocenters. The number of likely N-dealkylation sites (tertiary alicyclic amines) is 2. The van der Waals surface area contributed by atoms with Crippen molar-refractivity contribution in [3.05, 3.63) is 10.6 Å². The molecule has 7 heteroatoms. The van der Waals surface area contributed by atoms with Crippen molar-refractivity contribution in [2.45, 2.75) is 89.7 Å². The molecule has 4 rings (SSSR count). The summed E-state index contributed by atoms with van der Waals surface area (Å²) < 4.78 is 5.69. The van der Waals surface area contributed by atoms with Gasteiger partial charge in [0, 0.05) is 24.2 Å². The van der Waals surface area contributed by atoms with Crippen LogP contribution in [-0.4, -0.2) is 84.4 Å². The van der Waals surface area contributed by atoms with Crippen LogP contribution in [-0.2, 0) is 4.74 Å². The molecule has 5 nitrogen and oxygen atoms in total. The number of rotatable bonds is 0. The fourth-order valence-corrected chi connectivity index (χ4v) is 4.31. The zero-order valence-electron chi connectivity index (χ0n) is 19.2. The van der Waals surface area contributed by atoms with Gasteiger partial charge in [0.15, 0.2) is 0 Å². The van der Waals surface area contributed by atoms with Crippen LogP contribution in [0.3, 0.4) is 0 Å². The number of ether oxygens (including phenoxy) is 1. The molecule has 4 saturated heterocycles. The van der Waals surface area contributed by atoms with Crippen molar-refractivity contribution in [2.24, 2.45) is 0 Å². The molecule has 0 radical (unpaired) electrons. The minimum atomic E-state index is 0. The SMILES string of the molecule is CC(C)(C)N1CC2CCC(C1)[N-]2.CC(C)(C)N1CC2[N-]CCOC2C1.[Rb+].[Rb+]. The molecule has 0 saturated carbocycles. The zero-order chi connectivity index (χ0) is 18.2. The van der Waals surface area contributed by atoms with Crippen LogP contribution in [0.15, 0.2) is 0 Å². The fraction of sp³-hybridized carbons (Fsp3) is 1.00. The molecular formula is C20H38N4ORb2. The van der Waals surface area contributed by atoms with Crippen LogP contribution in [0.4, 0.5) is 0 Å². The second-order valence-electron chi connectivity index (χ2n) is 10.1. The summed E-state index contributed by atoms with van der Waals surface area (Å²) in [5, 5.41) is 9.30. The average molecular weight is 521 g/mol. The maximum absolute atomic E-state index is 5.69. The summed E-state index contributed by atoms with van der Waals surface area (Å²) in [5.41, 5.74) is 0.604. The molecule has 0 spiro atoms. The molecule has 0 aromatic rings. The summed E-state index contributed by atoms with van der Waals surface area (Å²) in [7, 11) is 0. The van der Waals surface area contributed by atoms with Crippen LogP contribution in [0.1, 0.15) is 54.4 Å². The first-order valence-electron chi connectivity index (χ1n) is 10.1. The number of nitrogens with zero attached hydrogens (tertiary/aromatic N) is 4. The summed E-state index contributed by atoms with van der Waals surface area (Å²) in [4.78, 5) is 5.06. The quantitative estimate of drug-likeness (QED) is 0.348. The van der Waals surface area contributed by atoms with Gasteiger partial charge >= 0.3 is 116 Å². The van der Waals surface area contributed by atoms with E-state index >= 15 is 0 Å². The van der Waals surface area contributed by atoms with Gasteiger partial charge in [0.25, 0.3) is 0 Å². The summed E-state index contributed by atoms with van der Waals surface area (Å²) in [6, 6.07) is 1.75. The maximum Gasteiger partial charge on any atom is 1.00 e. The summed E-state index contributed by atoms with van der Waals surface area (Å²) in [5.74, 6) is 0. The van der Waals surface area contributed by atoms with Gasteiger partial charge in [-0.25, -0.2) is 0 Å². The number of hydrogen-bond donors (Lipinski definition) is 0. The Morgan fingerprint density at radius 3 is 1.78 bits per heavy atom. The molecule has 4 aliphatic heterocycles. The standard InChI is InChI=1S/C10H19N2O.C10H19N2.2Rb/c1-10(2,3)12-6-8-9(7-12)13-5-4-11-8;1-10(2,3)12-6-8-4-5-9(7-12)11-8;;/h8-9H,4-7H2,1-3H3;8-9H,4-7H2,1-3H3;;/q2*-1;2*+1. The molecule has 27 heavy (non-hydrogen) atoms. The maximum atomic E-state index is 5.69. The second kappa shape index (κ2) is 12.0. The van der Waals surface area contributed by atoms with E-state index in [-0.39, 0.29) is 122 Å². The van der Waals surface area contributed by atoms with E-state index < -0.39 is 0 Å². The first kappa shape index (κ1) is 28.4. The number of piperazine rings is 1. The van der Waals surface area contributed by atoms with Gasteiger partial charge in [-0.15, -0.1) is 18.6 Å². The topological polar surface area (TPSA) is 43.9 Å². The van der Waals surface area contributed by atoms with Gasteiger partial charge in [0.2, 0.25) is 0 Å². The minimum absolute atomic E-state index is 0. The molecule has 0 N–H and O–H groups in total. The molecule has 4 atom stereocenters. The summed E-state index contributed by atoms with van der Waals surface area (Å²) in [6.45, 7) is 19.9. The van der Waals surface area contributed by atoms with E-state index in [2.05, 4.69) is 56.7 Å². The van der Waals surface area contributed by atoms with Crippen molar-refractivity contribution in [3.8, 4) is 0 Å². The van der Waals surface area contributed by atoms with Crippen molar-refractivity contribution in [1.82, 2.24) is 9.80 Å². The predicted molar refractivity (Wildman–Crippen MR) is 105 cm³/mol. The Morgan fingerprint density at radius 1 is 0.778 bits per heavy atom. The molecule has 0 aliphatic carbocycles. The van der Waals surface area contributed by atoms with Gasteiger partial charge in [0.1, 0.15) is 0 Å². The van der Waals surface area contributed by atoms with E-state index in [4.69, 9.17) is 10.1 Å². The van der Waals surface area contributed by atoms with Crippen molar-refractivity contribution in [1.29, 1.82) is 0 Å². The van der Waals surface area contributed by atoms with Gasteiger partial charge in [-0.05, 0) is 61.2 Å². The Bertz CT molecular complexity index is 426. The van der Waals surface area contributed by atoms with Crippen LogP contribution < -0.4 is 116 Å². The second-order valence-corrected chi connectivity index (χ2v) is 10.1. The Kier molecular flexibility index (Phi) is 12.7. The molecule has 4 aliphatic rings. The number of morpholine rings is 1. The normalized spacial score (nSPS) is 34.0. The molecule has 0 amide bonds. The number of hydrogen-bond acceptors (Lipinski definition) is 3. The largest absolute Gasteiger partial charge is 1.00 e. The Hall–Kier alpha value is 3.41. The van der Waals surface area contributed by atoms with Crippen LogP contribution in [0.5, 0.6) is 0 Å². The zero-order valence-corrected chi connectivity index (χ0v) is 29.0.